The predicted octanol–water partition coefficient (Wildman–Crippen LogP) is 1.40. The van der Waals surface area contributed by atoms with Gasteiger partial charge in [0.05, 0.1) is 11.4 Å². The third kappa shape index (κ3) is 4.92. The smallest absolute Gasteiger partial charge is 0.359 e. The molecule has 2 aromatic carbocycles. The normalized spacial score (nSPS) is 11.6. The zero-order valence-corrected chi connectivity index (χ0v) is 15.7. The van der Waals surface area contributed by atoms with Gasteiger partial charge >= 0.3 is 5.97 Å². The topological polar surface area (TPSA) is 118 Å². The molecule has 1 atom stereocenters. The van der Waals surface area contributed by atoms with Gasteiger partial charge in [-0.15, -0.1) is 0 Å². The molecule has 29 heavy (non-hydrogen) atoms. The molecule has 3 aromatic rings. The first-order valence-corrected chi connectivity index (χ1v) is 8.94. The predicted molar refractivity (Wildman–Crippen MR) is 105 cm³/mol. The van der Waals surface area contributed by atoms with E-state index in [4.69, 9.17) is 4.74 Å². The van der Waals surface area contributed by atoms with Gasteiger partial charge in [0.25, 0.3) is 11.5 Å². The minimum atomic E-state index is -0.852. The summed E-state index contributed by atoms with van der Waals surface area (Å²) in [6.07, 6.45) is 0.335. The van der Waals surface area contributed by atoms with Crippen LogP contribution in [0.3, 0.4) is 0 Å². The number of hydrogen-bond donors (Lipinski definition) is 2. The lowest BCUT2D eigenvalue weighted by molar-refractivity contribution is -0.128. The first kappa shape index (κ1) is 19.9. The Morgan fingerprint density at radius 1 is 1.03 bits per heavy atom. The highest BCUT2D eigenvalue weighted by Crippen LogP contribution is 2.13. The van der Waals surface area contributed by atoms with E-state index in [2.05, 4.69) is 15.5 Å². The molecule has 1 heterocycles. The maximum atomic E-state index is 12.3. The van der Waals surface area contributed by atoms with Crippen molar-refractivity contribution in [3.05, 3.63) is 76.2 Å². The molecule has 0 fully saturated rings. The van der Waals surface area contributed by atoms with E-state index in [0.717, 1.165) is 5.56 Å². The number of amides is 1. The molecule has 1 amide bonds. The fraction of sp³-hybridized carbons (Fsp3) is 0.190. The second-order valence-electron chi connectivity index (χ2n) is 6.44. The quantitative estimate of drug-likeness (QED) is 0.586. The van der Waals surface area contributed by atoms with Crippen molar-refractivity contribution in [3.63, 3.8) is 0 Å². The van der Waals surface area contributed by atoms with Gasteiger partial charge in [-0.2, -0.15) is 5.10 Å². The molecular weight excluding hydrogens is 374 g/mol. The lowest BCUT2D eigenvalue weighted by Gasteiger charge is -2.16. The van der Waals surface area contributed by atoms with E-state index in [1.165, 1.54) is 6.92 Å². The second kappa shape index (κ2) is 8.92. The highest BCUT2D eigenvalue weighted by molar-refractivity contribution is 6.02. The number of ketones is 1. The van der Waals surface area contributed by atoms with Gasteiger partial charge < -0.3 is 10.1 Å². The molecule has 0 spiro atoms. The Bertz CT molecular complexity index is 1110. The Hall–Kier alpha value is -3.81. The number of carbonyl (C=O) groups excluding carboxylic acids is 3. The van der Waals surface area contributed by atoms with Crippen LogP contribution in [0.2, 0.25) is 0 Å². The fourth-order valence-electron chi connectivity index (χ4n) is 2.85. The zero-order chi connectivity index (χ0) is 20.8. The number of ether oxygens (including phenoxy) is 1. The van der Waals surface area contributed by atoms with Crippen molar-refractivity contribution in [3.8, 4) is 0 Å². The van der Waals surface area contributed by atoms with E-state index in [-0.39, 0.29) is 11.5 Å². The molecular formula is C21H19N3O5. The van der Waals surface area contributed by atoms with Crippen molar-refractivity contribution in [2.45, 2.75) is 19.4 Å². The van der Waals surface area contributed by atoms with Crippen LogP contribution in [0.5, 0.6) is 0 Å². The van der Waals surface area contributed by atoms with Gasteiger partial charge in [0.2, 0.25) is 0 Å². The van der Waals surface area contributed by atoms with Crippen molar-refractivity contribution < 1.29 is 19.1 Å². The van der Waals surface area contributed by atoms with Gasteiger partial charge in [-0.25, -0.2) is 9.89 Å². The number of nitrogens with zero attached hydrogens (tertiary/aromatic N) is 1. The SMILES string of the molecule is CC(=O)[C@H](Cc1ccccc1)NC(=O)COC(=O)c1n[nH]c(=O)c2ccccc12. The lowest BCUT2D eigenvalue weighted by Crippen LogP contribution is -2.43. The number of rotatable bonds is 7. The lowest BCUT2D eigenvalue weighted by atomic mass is 10.0. The van der Waals surface area contributed by atoms with Crippen molar-refractivity contribution in [1.29, 1.82) is 0 Å². The number of carbonyl (C=O) groups is 3. The number of hydrogen-bond acceptors (Lipinski definition) is 6. The molecule has 0 aliphatic carbocycles. The molecule has 0 aliphatic heterocycles. The molecule has 0 bridgehead atoms. The molecule has 0 unspecified atom stereocenters. The molecule has 8 nitrogen and oxygen atoms in total. The van der Waals surface area contributed by atoms with Gasteiger partial charge in [-0.05, 0) is 25.0 Å². The fourth-order valence-corrected chi connectivity index (χ4v) is 2.85. The summed E-state index contributed by atoms with van der Waals surface area (Å²) in [5, 5.41) is 9.16. The van der Waals surface area contributed by atoms with Gasteiger partial charge in [-0.1, -0.05) is 48.5 Å². The minimum absolute atomic E-state index is 0.0968. The van der Waals surface area contributed by atoms with Gasteiger partial charge in [0, 0.05) is 5.39 Å². The Morgan fingerprint density at radius 3 is 2.38 bits per heavy atom. The van der Waals surface area contributed by atoms with Gasteiger partial charge in [-0.3, -0.25) is 14.4 Å². The van der Waals surface area contributed by atoms with Gasteiger partial charge in [0.15, 0.2) is 18.1 Å². The molecule has 3 rings (SSSR count). The zero-order valence-electron chi connectivity index (χ0n) is 15.7. The van der Waals surface area contributed by atoms with Gasteiger partial charge in [0.1, 0.15) is 0 Å². The molecule has 0 saturated carbocycles. The van der Waals surface area contributed by atoms with Crippen LogP contribution in [0.1, 0.15) is 23.0 Å². The van der Waals surface area contributed by atoms with Crippen LogP contribution >= 0.6 is 0 Å². The number of aromatic nitrogens is 2. The number of fused-ring (bicyclic) bond motifs is 1. The monoisotopic (exact) mass is 393 g/mol. The van der Waals surface area contributed by atoms with E-state index in [1.54, 1.807) is 24.3 Å². The summed E-state index contributed by atoms with van der Waals surface area (Å²) in [7, 11) is 0. The number of benzene rings is 2. The van der Waals surface area contributed by atoms with Crippen molar-refractivity contribution in [1.82, 2.24) is 15.5 Å². The maximum absolute atomic E-state index is 12.3. The van der Waals surface area contributed by atoms with Crippen LogP contribution in [-0.4, -0.2) is 40.5 Å². The van der Waals surface area contributed by atoms with Crippen LogP contribution in [-0.2, 0) is 20.7 Å². The number of aromatic amines is 1. The van der Waals surface area contributed by atoms with E-state index in [0.29, 0.717) is 17.2 Å². The highest BCUT2D eigenvalue weighted by Gasteiger charge is 2.20. The maximum Gasteiger partial charge on any atom is 0.359 e. The van der Waals surface area contributed by atoms with Crippen LogP contribution in [0, 0.1) is 0 Å². The summed E-state index contributed by atoms with van der Waals surface area (Å²) in [6.45, 7) is 0.808. The number of Topliss-reactive ketones (excluding diaryl/α,β-unsaturated/α-hetero) is 1. The largest absolute Gasteiger partial charge is 0.451 e. The van der Waals surface area contributed by atoms with E-state index in [1.807, 2.05) is 30.3 Å². The third-order valence-electron chi connectivity index (χ3n) is 4.33. The molecule has 0 saturated heterocycles. The summed E-state index contributed by atoms with van der Waals surface area (Å²) in [4.78, 5) is 48.2. The molecule has 0 aliphatic rings. The summed E-state index contributed by atoms with van der Waals surface area (Å²) in [5.74, 6) is -1.67. The van der Waals surface area contributed by atoms with E-state index < -0.39 is 30.1 Å². The van der Waals surface area contributed by atoms with Crippen LogP contribution in [0.15, 0.2) is 59.4 Å². The third-order valence-corrected chi connectivity index (χ3v) is 4.33. The Balaban J connectivity index is 1.64. The molecule has 8 heteroatoms. The van der Waals surface area contributed by atoms with Crippen molar-refractivity contribution in [2.24, 2.45) is 0 Å². The first-order chi connectivity index (χ1) is 14.0. The summed E-state index contributed by atoms with van der Waals surface area (Å²) in [6, 6.07) is 15.0. The van der Waals surface area contributed by atoms with E-state index >= 15 is 0 Å². The molecule has 148 valence electrons. The van der Waals surface area contributed by atoms with E-state index in [9.17, 15) is 19.2 Å². The summed E-state index contributed by atoms with van der Waals surface area (Å²) < 4.78 is 5.02. The Morgan fingerprint density at radius 2 is 1.69 bits per heavy atom. The van der Waals surface area contributed by atoms with Crippen LogP contribution in [0.4, 0.5) is 0 Å². The van der Waals surface area contributed by atoms with Crippen LogP contribution < -0.4 is 10.9 Å². The number of nitrogens with one attached hydrogen (secondary N) is 2. The minimum Gasteiger partial charge on any atom is -0.451 e. The highest BCUT2D eigenvalue weighted by atomic mass is 16.5. The average molecular weight is 393 g/mol. The van der Waals surface area contributed by atoms with Crippen molar-refractivity contribution >= 4 is 28.4 Å². The Kier molecular flexibility index (Phi) is 6.13. The molecule has 2 N–H and O–H groups in total. The van der Waals surface area contributed by atoms with Crippen molar-refractivity contribution in [2.75, 3.05) is 6.61 Å². The van der Waals surface area contributed by atoms with Crippen LogP contribution in [0.25, 0.3) is 10.8 Å². The second-order valence-corrected chi connectivity index (χ2v) is 6.44. The summed E-state index contributed by atoms with van der Waals surface area (Å²) in [5.41, 5.74) is 0.370. The summed E-state index contributed by atoms with van der Waals surface area (Å²) >= 11 is 0. The number of H-pyrrole nitrogens is 1. The average Bonchev–Trinajstić information content (AvgIpc) is 2.73. The Labute approximate surface area is 165 Å². The molecule has 0 radical (unpaired) electrons. The molecule has 1 aromatic heterocycles. The standard InChI is InChI=1S/C21H19N3O5/c1-13(25)17(11-14-7-3-2-4-8-14)22-18(26)12-29-21(28)19-15-9-5-6-10-16(15)20(27)24-23-19/h2-10,17H,11-12H2,1H3,(H,22,26)(H,24,27)/t17-/m0/s1. The first-order valence-electron chi connectivity index (χ1n) is 8.94. The number of esters is 1.